The number of piperazine rings is 1. The van der Waals surface area contributed by atoms with Crippen LogP contribution in [0.25, 0.3) is 20.7 Å². The van der Waals surface area contributed by atoms with Crippen molar-refractivity contribution in [2.75, 3.05) is 39.3 Å². The van der Waals surface area contributed by atoms with Crippen LogP contribution in [0.15, 0.2) is 83.8 Å². The lowest BCUT2D eigenvalue weighted by molar-refractivity contribution is -0.145. The summed E-state index contributed by atoms with van der Waals surface area (Å²) in [6.07, 6.45) is 7.85. The Morgan fingerprint density at radius 1 is 1.10 bits per heavy atom. The van der Waals surface area contributed by atoms with Crippen LogP contribution in [0.4, 0.5) is 17.6 Å². The van der Waals surface area contributed by atoms with Gasteiger partial charge < -0.3 is 29.5 Å². The molecule has 62 heavy (non-hydrogen) atoms. The van der Waals surface area contributed by atoms with E-state index in [1.165, 1.54) is 42.1 Å². The molecule has 0 amide bonds. The van der Waals surface area contributed by atoms with Crippen molar-refractivity contribution in [3.63, 3.8) is 0 Å². The first kappa shape index (κ1) is 44.5. The Balaban J connectivity index is 1.28. The number of halogens is 5. The number of ether oxygens (including phenoxy) is 3. The molecule has 2 atom stereocenters. The summed E-state index contributed by atoms with van der Waals surface area (Å²) >= 11 is 8.23. The minimum absolute atomic E-state index is 0.0490. The molecule has 0 saturated carbocycles. The van der Waals surface area contributed by atoms with Gasteiger partial charge in [0.1, 0.15) is 35.9 Å². The van der Waals surface area contributed by atoms with Crippen LogP contribution >= 0.6 is 22.9 Å². The van der Waals surface area contributed by atoms with Crippen molar-refractivity contribution in [1.29, 1.82) is 0 Å². The lowest BCUT2D eigenvalue weighted by atomic mass is 9.87. The molecule has 1 unspecified atom stereocenters. The Morgan fingerprint density at radius 3 is 2.66 bits per heavy atom. The molecule has 2 bridgehead atoms. The van der Waals surface area contributed by atoms with Gasteiger partial charge in [0.2, 0.25) is 12.0 Å². The van der Waals surface area contributed by atoms with Crippen molar-refractivity contribution in [2.24, 2.45) is 5.92 Å². The second kappa shape index (κ2) is 20.5. The standard InChI is InChI=1S/C45H43ClF4N6O5S/c1-2-36(46)34-4-3-5-35-39-41(53-27-54-42(39)62-40(35)30-9-11-32(47)12-10-30)61-38(43(57)58)25-31-24-28(6-8-29(34)15-20-56-21-18-51-19-22-56)7-13-37(31)60-26-33-14-17-52-44(55-33)59-23-16-45(48,49)50/h1,3-4,7,9-14,17,24,27,29,38,51H,5-6,8,15-16,18-23,25-26H2,(H,57,58)/b4-3-,36-34-/t29?,38-/m1/s1. The second-order valence-corrected chi connectivity index (χ2v) is 16.2. The number of thiophene rings is 1. The quantitative estimate of drug-likeness (QED) is 0.0980. The van der Waals surface area contributed by atoms with Crippen molar-refractivity contribution in [3.05, 3.63) is 112 Å². The third-order valence-electron chi connectivity index (χ3n) is 10.6. The maximum atomic E-state index is 14.1. The molecule has 1 fully saturated rings. The fraction of sp³-hybridized carbons (Fsp3) is 0.356. The predicted octanol–water partition coefficient (Wildman–Crippen LogP) is 8.35. The Kier molecular flexibility index (Phi) is 14.7. The zero-order valence-corrected chi connectivity index (χ0v) is 35.0. The van der Waals surface area contributed by atoms with Crippen LogP contribution in [0.1, 0.15) is 41.6 Å². The van der Waals surface area contributed by atoms with E-state index in [0.717, 1.165) is 66.3 Å². The molecule has 5 heterocycles. The average Bonchev–Trinajstić information content (AvgIpc) is 3.63. The Bertz CT molecular complexity index is 2470. The number of aryl methyl sites for hydroxylation is 1. The molecule has 0 aliphatic carbocycles. The van der Waals surface area contributed by atoms with E-state index < -0.39 is 31.3 Å². The van der Waals surface area contributed by atoms with Crippen molar-refractivity contribution in [2.45, 2.75) is 57.4 Å². The highest BCUT2D eigenvalue weighted by Gasteiger charge is 2.29. The zero-order chi connectivity index (χ0) is 43.6. The number of nitrogens with zero attached hydrogens (tertiary/aromatic N) is 5. The molecule has 11 nitrogen and oxygen atoms in total. The summed E-state index contributed by atoms with van der Waals surface area (Å²) in [5, 5.41) is 14.9. The van der Waals surface area contributed by atoms with Crippen molar-refractivity contribution in [3.8, 4) is 40.4 Å². The molecule has 0 spiro atoms. The molecular formula is C45H43ClF4N6O5S. The number of carbonyl (C=O) groups is 1. The van der Waals surface area contributed by atoms with E-state index in [9.17, 15) is 27.5 Å². The van der Waals surface area contributed by atoms with Crippen LogP contribution in [0.2, 0.25) is 0 Å². The minimum Gasteiger partial charge on any atom is -0.487 e. The number of benzene rings is 2. The minimum atomic E-state index is -4.40. The van der Waals surface area contributed by atoms with Gasteiger partial charge in [0.25, 0.3) is 0 Å². The summed E-state index contributed by atoms with van der Waals surface area (Å²) in [5.74, 6) is 1.39. The van der Waals surface area contributed by atoms with Crippen LogP contribution < -0.4 is 19.5 Å². The maximum absolute atomic E-state index is 14.1. The first-order chi connectivity index (χ1) is 29.9. The van der Waals surface area contributed by atoms with E-state index in [2.05, 4.69) is 36.1 Å². The second-order valence-electron chi connectivity index (χ2n) is 14.8. The normalized spacial score (nSPS) is 19.0. The number of fused-ring (bicyclic) bond motifs is 2. The molecule has 2 aliphatic heterocycles. The maximum Gasteiger partial charge on any atom is 0.392 e. The van der Waals surface area contributed by atoms with Crippen molar-refractivity contribution < 1.29 is 41.7 Å². The van der Waals surface area contributed by atoms with E-state index in [1.54, 1.807) is 18.2 Å². The smallest absolute Gasteiger partial charge is 0.392 e. The summed E-state index contributed by atoms with van der Waals surface area (Å²) in [6.45, 7) is 3.71. The van der Waals surface area contributed by atoms with E-state index in [4.69, 9.17) is 32.2 Å². The summed E-state index contributed by atoms with van der Waals surface area (Å²) < 4.78 is 69.9. The number of terminal acetylenes is 1. The van der Waals surface area contributed by atoms with Crippen molar-refractivity contribution in [1.82, 2.24) is 30.2 Å². The monoisotopic (exact) mass is 890 g/mol. The lowest BCUT2D eigenvalue weighted by Gasteiger charge is -2.29. The summed E-state index contributed by atoms with van der Waals surface area (Å²) in [6, 6.07) is 13.0. The third kappa shape index (κ3) is 11.6. The van der Waals surface area contributed by atoms with Gasteiger partial charge in [-0.15, -0.1) is 17.8 Å². The summed E-state index contributed by atoms with van der Waals surface area (Å²) in [4.78, 5) is 33.9. The van der Waals surface area contributed by atoms with Crippen LogP contribution in [-0.4, -0.2) is 87.5 Å². The van der Waals surface area contributed by atoms with E-state index in [0.29, 0.717) is 51.5 Å². The van der Waals surface area contributed by atoms with Gasteiger partial charge in [-0.3, -0.25) is 0 Å². The molecule has 1 saturated heterocycles. The first-order valence-electron chi connectivity index (χ1n) is 20.1. The third-order valence-corrected chi connectivity index (χ3v) is 12.1. The number of rotatable bonds is 11. The van der Waals surface area contributed by atoms with Crippen LogP contribution in [0.5, 0.6) is 17.6 Å². The van der Waals surface area contributed by atoms with E-state index >= 15 is 0 Å². The molecule has 324 valence electrons. The average molecular weight is 891 g/mol. The topological polar surface area (TPSA) is 132 Å². The summed E-state index contributed by atoms with van der Waals surface area (Å²) in [7, 11) is 0. The fourth-order valence-corrected chi connectivity index (χ4v) is 8.85. The zero-order valence-electron chi connectivity index (χ0n) is 33.5. The van der Waals surface area contributed by atoms with Gasteiger partial charge in [-0.2, -0.15) is 18.2 Å². The van der Waals surface area contributed by atoms with Gasteiger partial charge >= 0.3 is 18.2 Å². The Morgan fingerprint density at radius 2 is 1.90 bits per heavy atom. The molecule has 7 rings (SSSR count). The summed E-state index contributed by atoms with van der Waals surface area (Å²) in [5.41, 5.74) is 4.08. The number of allylic oxidation sites excluding steroid dienone is 4. The Hall–Kier alpha value is -5.60. The molecule has 2 aromatic carbocycles. The predicted molar refractivity (Wildman–Crippen MR) is 228 cm³/mol. The molecule has 3 aromatic heterocycles. The largest absolute Gasteiger partial charge is 0.487 e. The molecule has 2 aliphatic rings. The number of carboxylic acids is 1. The first-order valence-corrected chi connectivity index (χ1v) is 21.3. The van der Waals surface area contributed by atoms with Gasteiger partial charge in [-0.25, -0.2) is 24.1 Å². The number of alkyl halides is 3. The molecule has 2 N–H and O–H groups in total. The SMILES string of the molecule is C#C/C(Cl)=C1\C=C/Cc2c(-c3ccc(F)cc3)sc3ncnc(c23)O[C@@H](C(=O)O)Cc2cc(ccc2OCc2ccnc(OCCC(F)(F)F)n2)CCC1CCN1CCNCC1. The lowest BCUT2D eigenvalue weighted by Crippen LogP contribution is -2.44. The highest BCUT2D eigenvalue weighted by Crippen LogP contribution is 2.42. The fourth-order valence-electron chi connectivity index (χ4n) is 7.46. The van der Waals surface area contributed by atoms with Crippen molar-refractivity contribution >= 4 is 39.1 Å². The van der Waals surface area contributed by atoms with E-state index in [-0.39, 0.29) is 36.7 Å². The van der Waals surface area contributed by atoms with Crippen LogP contribution in [0.3, 0.4) is 0 Å². The molecular weight excluding hydrogens is 848 g/mol. The van der Waals surface area contributed by atoms with Gasteiger partial charge in [0.05, 0.1) is 22.5 Å². The Labute approximate surface area is 364 Å². The number of nitrogens with one attached hydrogen (secondary N) is 1. The highest BCUT2D eigenvalue weighted by atomic mass is 35.5. The van der Waals surface area contributed by atoms with Crippen LogP contribution in [-0.2, 0) is 30.7 Å². The van der Waals surface area contributed by atoms with Gasteiger partial charge in [0.15, 0.2) is 0 Å². The number of carboxylic acid groups (broad SMARTS) is 1. The number of aliphatic carboxylic acids is 1. The molecule has 5 aromatic rings. The van der Waals surface area contributed by atoms with Gasteiger partial charge in [0, 0.05) is 43.7 Å². The number of aromatic nitrogens is 4. The highest BCUT2D eigenvalue weighted by molar-refractivity contribution is 7.22. The number of hydrogen-bond donors (Lipinski definition) is 2. The van der Waals surface area contributed by atoms with Crippen LogP contribution in [0, 0.1) is 24.1 Å². The number of hydrogen-bond acceptors (Lipinski definition) is 11. The molecule has 17 heteroatoms. The van der Waals surface area contributed by atoms with Gasteiger partial charge in [-0.05, 0) is 90.2 Å². The molecule has 0 radical (unpaired) electrons. The van der Waals surface area contributed by atoms with E-state index in [1.807, 2.05) is 24.3 Å². The van der Waals surface area contributed by atoms with Gasteiger partial charge in [-0.1, -0.05) is 53.9 Å².